The van der Waals surface area contributed by atoms with Gasteiger partial charge in [-0.15, -0.1) is 0 Å². The summed E-state index contributed by atoms with van der Waals surface area (Å²) >= 11 is 0. The largest absolute Gasteiger partial charge is 0.387 e. The van der Waals surface area contributed by atoms with Crippen molar-refractivity contribution in [3.63, 3.8) is 0 Å². The average molecular weight is 615 g/mol. The van der Waals surface area contributed by atoms with Crippen LogP contribution in [0.1, 0.15) is 183 Å². The Morgan fingerprint density at radius 2 is 1.11 bits per heavy atom. The Kier molecular flexibility index (Phi) is 37.6. The zero-order chi connectivity index (χ0) is 34.0. The molecule has 2 aliphatic rings. The molecular weight excluding hydrogens is 536 g/mol. The second-order valence-electron chi connectivity index (χ2n) is 12.9. The first kappa shape index (κ1) is 46.5. The second kappa shape index (κ2) is 35.6. The zero-order valence-corrected chi connectivity index (χ0v) is 31.5. The zero-order valence-electron chi connectivity index (χ0n) is 31.5. The van der Waals surface area contributed by atoms with E-state index in [0.29, 0.717) is 5.84 Å². The number of Topliss-reactive ketones (excluding diaryl/α,β-unsaturated/α-hetero) is 1. The molecule has 0 spiro atoms. The van der Waals surface area contributed by atoms with Gasteiger partial charge in [-0.2, -0.15) is 0 Å². The first-order valence-electron chi connectivity index (χ1n) is 18.5. The predicted octanol–water partition coefficient (Wildman–Crippen LogP) is 12.9. The van der Waals surface area contributed by atoms with Crippen LogP contribution in [0.5, 0.6) is 0 Å². The second-order valence-corrected chi connectivity index (χ2v) is 12.9. The Morgan fingerprint density at radius 3 is 1.39 bits per heavy atom. The summed E-state index contributed by atoms with van der Waals surface area (Å²) in [5.74, 6) is 2.85. The van der Waals surface area contributed by atoms with Gasteiger partial charge in [0.05, 0.1) is 5.84 Å². The number of benzene rings is 1. The molecule has 2 N–H and O–H groups in total. The van der Waals surface area contributed by atoms with Crippen LogP contribution in [-0.2, 0) is 17.6 Å². The molecule has 44 heavy (non-hydrogen) atoms. The quantitative estimate of drug-likeness (QED) is 0.171. The Labute approximate surface area is 277 Å². The lowest BCUT2D eigenvalue weighted by Crippen LogP contribution is -2.12. The molecule has 0 bridgehead atoms. The summed E-state index contributed by atoms with van der Waals surface area (Å²) in [6, 6.07) is 8.83. The topological polar surface area (TPSA) is 55.4 Å². The van der Waals surface area contributed by atoms with E-state index >= 15 is 0 Å². The average Bonchev–Trinajstić information content (AvgIpc) is 3.05. The highest BCUT2D eigenvalue weighted by Gasteiger charge is 2.13. The minimum Gasteiger partial charge on any atom is -0.387 e. The van der Waals surface area contributed by atoms with Gasteiger partial charge in [-0.3, -0.25) is 4.99 Å². The van der Waals surface area contributed by atoms with Gasteiger partial charge >= 0.3 is 0 Å². The number of hydrogen-bond donors (Lipinski definition) is 1. The number of nitrogens with zero attached hydrogens (tertiary/aromatic N) is 1. The first-order chi connectivity index (χ1) is 21.0. The summed E-state index contributed by atoms with van der Waals surface area (Å²) in [6.45, 7) is 22.6. The lowest BCUT2D eigenvalue weighted by molar-refractivity contribution is -0.115. The van der Waals surface area contributed by atoms with Crippen molar-refractivity contribution in [1.29, 1.82) is 0 Å². The van der Waals surface area contributed by atoms with Crippen molar-refractivity contribution in [3.05, 3.63) is 47.5 Å². The summed E-state index contributed by atoms with van der Waals surface area (Å²) in [5.41, 5.74) is 9.77. The van der Waals surface area contributed by atoms with Crippen LogP contribution >= 0.6 is 0 Å². The van der Waals surface area contributed by atoms with Crippen LogP contribution in [0.4, 0.5) is 0 Å². The molecule has 0 amide bonds. The summed E-state index contributed by atoms with van der Waals surface area (Å²) in [5, 5.41) is 0. The van der Waals surface area contributed by atoms with E-state index in [1.165, 1.54) is 127 Å². The predicted molar refractivity (Wildman–Crippen MR) is 202 cm³/mol. The van der Waals surface area contributed by atoms with Crippen LogP contribution in [0.25, 0.3) is 0 Å². The van der Waals surface area contributed by atoms with Crippen molar-refractivity contribution in [3.8, 4) is 0 Å². The van der Waals surface area contributed by atoms with Crippen LogP contribution < -0.4 is 5.73 Å². The molecule has 0 heterocycles. The number of nitrogens with two attached hydrogens (primary N) is 1. The molecule has 2 saturated carbocycles. The van der Waals surface area contributed by atoms with Crippen molar-refractivity contribution in [2.75, 3.05) is 7.05 Å². The van der Waals surface area contributed by atoms with Gasteiger partial charge in [-0.1, -0.05) is 175 Å². The highest BCUT2D eigenvalue weighted by molar-refractivity contribution is 5.82. The molecule has 3 nitrogen and oxygen atoms in total. The fraction of sp³-hybridized carbons (Fsp3) is 0.756. The molecule has 0 saturated heterocycles. The normalized spacial score (nSPS) is 14.7. The molecule has 1 aromatic rings. The highest BCUT2D eigenvalue weighted by Crippen LogP contribution is 2.28. The maximum atomic E-state index is 9.44. The maximum absolute atomic E-state index is 9.44. The van der Waals surface area contributed by atoms with E-state index < -0.39 is 0 Å². The molecule has 258 valence electrons. The van der Waals surface area contributed by atoms with Crippen LogP contribution in [-0.4, -0.2) is 18.7 Å². The molecule has 1 aromatic carbocycles. The Morgan fingerprint density at radius 1 is 0.750 bits per heavy atom. The lowest BCUT2D eigenvalue weighted by Gasteiger charge is -2.21. The monoisotopic (exact) mass is 615 g/mol. The van der Waals surface area contributed by atoms with E-state index in [2.05, 4.69) is 84.3 Å². The molecule has 0 aliphatic heterocycles. The van der Waals surface area contributed by atoms with Crippen molar-refractivity contribution >= 4 is 11.6 Å². The van der Waals surface area contributed by atoms with Gasteiger partial charge < -0.3 is 10.5 Å². The first-order valence-corrected chi connectivity index (χ1v) is 18.5. The Balaban J connectivity index is -0.000000502. The van der Waals surface area contributed by atoms with E-state index in [0.717, 1.165) is 37.5 Å². The Bertz CT molecular complexity index is 733. The van der Waals surface area contributed by atoms with Crippen molar-refractivity contribution < 1.29 is 4.79 Å². The number of carbonyl (C=O) groups is 1. The third kappa shape index (κ3) is 36.3. The van der Waals surface area contributed by atoms with Gasteiger partial charge in [-0.25, -0.2) is 0 Å². The van der Waals surface area contributed by atoms with E-state index in [-0.39, 0.29) is 5.78 Å². The number of amidine groups is 1. The van der Waals surface area contributed by atoms with Crippen molar-refractivity contribution in [1.82, 2.24) is 0 Å². The number of ketones is 1. The van der Waals surface area contributed by atoms with Crippen LogP contribution in [0.3, 0.4) is 0 Å². The molecule has 0 radical (unpaired) electrons. The highest BCUT2D eigenvalue weighted by atomic mass is 16.1. The number of aryl methyl sites for hydroxylation is 2. The SMILES string of the molecule is C=C(CCC1CCCCC1)CC(N)=NC.CC(C)=O.CC1CCCCC1.CCCC.CCCC.CCc1ccc(CC)cc1. The van der Waals surface area contributed by atoms with Crippen molar-refractivity contribution in [2.24, 2.45) is 22.6 Å². The van der Waals surface area contributed by atoms with Gasteiger partial charge in [-0.05, 0) is 62.5 Å². The van der Waals surface area contributed by atoms with Gasteiger partial charge in [0, 0.05) is 13.5 Å². The number of hydrogen-bond acceptors (Lipinski definition) is 2. The van der Waals surface area contributed by atoms with Gasteiger partial charge in [0.15, 0.2) is 0 Å². The van der Waals surface area contributed by atoms with E-state index in [1.807, 2.05) is 0 Å². The fourth-order valence-electron chi connectivity index (χ4n) is 4.63. The Hall–Kier alpha value is -1.90. The van der Waals surface area contributed by atoms with Gasteiger partial charge in [0.1, 0.15) is 5.78 Å². The molecule has 3 rings (SSSR count). The minimum atomic E-state index is 0.167. The fourth-order valence-corrected chi connectivity index (χ4v) is 4.63. The maximum Gasteiger partial charge on any atom is 0.126 e. The van der Waals surface area contributed by atoms with Gasteiger partial charge in [0.25, 0.3) is 0 Å². The number of unbranched alkanes of at least 4 members (excludes halogenated alkanes) is 2. The summed E-state index contributed by atoms with van der Waals surface area (Å²) in [4.78, 5) is 13.4. The van der Waals surface area contributed by atoms with Gasteiger partial charge in [0.2, 0.25) is 0 Å². The summed E-state index contributed by atoms with van der Waals surface area (Å²) in [7, 11) is 1.74. The molecule has 2 fully saturated rings. The molecule has 0 atom stereocenters. The third-order valence-electron chi connectivity index (χ3n) is 8.08. The molecule has 0 aromatic heterocycles. The number of carbonyl (C=O) groups excluding carboxylic acids is 1. The van der Waals surface area contributed by atoms with E-state index in [4.69, 9.17) is 5.73 Å². The van der Waals surface area contributed by atoms with Crippen LogP contribution in [0, 0.1) is 11.8 Å². The summed E-state index contributed by atoms with van der Waals surface area (Å²) in [6.07, 6.45) is 25.3. The minimum absolute atomic E-state index is 0.167. The smallest absolute Gasteiger partial charge is 0.126 e. The molecular formula is C41H78N2O. The van der Waals surface area contributed by atoms with Crippen LogP contribution in [0.15, 0.2) is 41.4 Å². The third-order valence-corrected chi connectivity index (χ3v) is 8.08. The molecule has 2 aliphatic carbocycles. The standard InChI is InChI=1S/C13H24N2.C10H14.C7H14.2C4H10.C3H6O/c1-11(10-13(14)15-2)8-9-12-6-4-3-5-7-12;1-3-9-5-7-10(4-2)8-6-9;1-7-5-3-2-4-6-7;2*1-3-4-2;1-3(2)4/h12H,1,3-10H2,2H3,(H2,14,15);5-8H,3-4H2,1-2H3;7H,2-6H2,1H3;2*3-4H2,1-2H3;1-2H3. The van der Waals surface area contributed by atoms with E-state index in [1.54, 1.807) is 7.05 Å². The molecule has 0 unspecified atom stereocenters. The van der Waals surface area contributed by atoms with Crippen molar-refractivity contribution in [2.45, 2.75) is 184 Å². The number of aliphatic imine (C=N–C) groups is 1. The lowest BCUT2D eigenvalue weighted by atomic mass is 9.85. The molecule has 3 heteroatoms. The van der Waals surface area contributed by atoms with Crippen LogP contribution in [0.2, 0.25) is 0 Å². The summed E-state index contributed by atoms with van der Waals surface area (Å²) < 4.78 is 0. The van der Waals surface area contributed by atoms with E-state index in [9.17, 15) is 4.79 Å². The number of rotatable bonds is 9.